The third-order valence-corrected chi connectivity index (χ3v) is 6.32. The number of rotatable bonds is 10. The molecule has 0 atom stereocenters. The Balaban J connectivity index is 1.40. The van der Waals surface area contributed by atoms with Crippen LogP contribution in [0.25, 0.3) is 11.1 Å². The van der Waals surface area contributed by atoms with E-state index in [1.165, 1.54) is 25.7 Å². The van der Waals surface area contributed by atoms with Gasteiger partial charge in [-0.2, -0.15) is 0 Å². The molecule has 35 heavy (non-hydrogen) atoms. The van der Waals surface area contributed by atoms with Crippen molar-refractivity contribution in [2.75, 3.05) is 11.9 Å². The normalized spacial score (nSPS) is 14.3. The number of aryl methyl sites for hydroxylation is 1. The number of benzene rings is 1. The van der Waals surface area contributed by atoms with Crippen LogP contribution >= 0.6 is 0 Å². The first kappa shape index (κ1) is 24.9. The van der Waals surface area contributed by atoms with E-state index in [4.69, 9.17) is 9.15 Å². The molecule has 186 valence electrons. The number of carbonyl (C=O) groups excluding carboxylic acids is 1. The van der Waals surface area contributed by atoms with Gasteiger partial charge < -0.3 is 19.6 Å². The van der Waals surface area contributed by atoms with Gasteiger partial charge in [0.15, 0.2) is 0 Å². The number of carbonyl (C=O) groups is 1. The highest BCUT2D eigenvalue weighted by Gasteiger charge is 2.21. The molecule has 1 aliphatic rings. The molecule has 0 aliphatic heterocycles. The molecule has 8 nitrogen and oxygen atoms in total. The molecule has 0 radical (unpaired) electrons. The number of amides is 1. The van der Waals surface area contributed by atoms with Crippen molar-refractivity contribution in [2.45, 2.75) is 71.3 Å². The van der Waals surface area contributed by atoms with Crippen LogP contribution < -0.4 is 10.1 Å². The molecule has 2 aromatic heterocycles. The Hall–Kier alpha value is -3.26. The molecule has 0 spiro atoms. The van der Waals surface area contributed by atoms with Crippen molar-refractivity contribution in [2.24, 2.45) is 5.92 Å². The van der Waals surface area contributed by atoms with Crippen molar-refractivity contribution in [1.29, 1.82) is 0 Å². The van der Waals surface area contributed by atoms with Crippen LogP contribution in [-0.4, -0.2) is 38.4 Å². The summed E-state index contributed by atoms with van der Waals surface area (Å²) < 4.78 is 11.5. The van der Waals surface area contributed by atoms with E-state index in [1.54, 1.807) is 20.0 Å². The quantitative estimate of drug-likeness (QED) is 0.378. The van der Waals surface area contributed by atoms with Gasteiger partial charge in [-0.05, 0) is 93.3 Å². The molecule has 0 bridgehead atoms. The molecular weight excluding hydrogens is 444 g/mol. The summed E-state index contributed by atoms with van der Waals surface area (Å²) in [5.74, 6) is 1.71. The summed E-state index contributed by atoms with van der Waals surface area (Å²) in [5.41, 5.74) is 2.27. The number of aromatic nitrogens is 3. The lowest BCUT2D eigenvalue weighted by Gasteiger charge is -2.17. The van der Waals surface area contributed by atoms with E-state index in [-0.39, 0.29) is 5.89 Å². The maximum atomic E-state index is 12.7. The van der Waals surface area contributed by atoms with Gasteiger partial charge in [0.1, 0.15) is 11.6 Å². The highest BCUT2D eigenvalue weighted by atomic mass is 16.5. The lowest BCUT2D eigenvalue weighted by Crippen LogP contribution is -2.19. The number of nitrogens with zero attached hydrogens (tertiary/aromatic N) is 3. The number of pyridine rings is 1. The molecule has 1 fully saturated rings. The molecule has 1 aromatic carbocycles. The van der Waals surface area contributed by atoms with Crippen LogP contribution in [0, 0.1) is 12.8 Å². The van der Waals surface area contributed by atoms with Crippen LogP contribution in [0.1, 0.15) is 74.5 Å². The number of aliphatic hydroxyl groups is 1. The minimum Gasteiger partial charge on any atom is -0.494 e. The fourth-order valence-corrected chi connectivity index (χ4v) is 4.42. The summed E-state index contributed by atoms with van der Waals surface area (Å²) in [6, 6.07) is 9.62. The first-order chi connectivity index (χ1) is 16.8. The van der Waals surface area contributed by atoms with E-state index in [0.29, 0.717) is 30.7 Å². The summed E-state index contributed by atoms with van der Waals surface area (Å²) in [4.78, 5) is 16.9. The summed E-state index contributed by atoms with van der Waals surface area (Å²) >= 11 is 0. The summed E-state index contributed by atoms with van der Waals surface area (Å²) in [7, 11) is 0. The van der Waals surface area contributed by atoms with Gasteiger partial charge in [0, 0.05) is 12.6 Å². The largest absolute Gasteiger partial charge is 0.494 e. The number of nitrogens with one attached hydrogen (secondary N) is 1. The molecule has 4 rings (SSSR count). The van der Waals surface area contributed by atoms with E-state index >= 15 is 0 Å². The highest BCUT2D eigenvalue weighted by Crippen LogP contribution is 2.30. The van der Waals surface area contributed by atoms with E-state index in [0.717, 1.165) is 35.3 Å². The van der Waals surface area contributed by atoms with Gasteiger partial charge in [-0.25, -0.2) is 4.98 Å². The zero-order valence-corrected chi connectivity index (χ0v) is 20.7. The van der Waals surface area contributed by atoms with Crippen molar-refractivity contribution >= 4 is 11.7 Å². The average molecular weight is 479 g/mol. The molecule has 2 N–H and O–H groups in total. The monoisotopic (exact) mass is 478 g/mol. The highest BCUT2D eigenvalue weighted by molar-refractivity contribution is 6.00. The van der Waals surface area contributed by atoms with Crippen molar-refractivity contribution in [1.82, 2.24) is 15.2 Å². The maximum absolute atomic E-state index is 12.7. The van der Waals surface area contributed by atoms with Crippen molar-refractivity contribution in [3.63, 3.8) is 0 Å². The van der Waals surface area contributed by atoms with Crippen molar-refractivity contribution < 1.29 is 19.1 Å². The second kappa shape index (κ2) is 11.0. The Morgan fingerprint density at radius 2 is 2.00 bits per heavy atom. The van der Waals surface area contributed by atoms with E-state index < -0.39 is 11.5 Å². The van der Waals surface area contributed by atoms with Crippen molar-refractivity contribution in [3.05, 3.63) is 53.9 Å². The summed E-state index contributed by atoms with van der Waals surface area (Å²) in [6.07, 6.45) is 8.64. The molecule has 1 amide bonds. The summed E-state index contributed by atoms with van der Waals surface area (Å²) in [5, 5.41) is 20.6. The van der Waals surface area contributed by atoms with Gasteiger partial charge in [-0.3, -0.25) is 4.79 Å². The smallest absolute Gasteiger partial charge is 0.314 e. The van der Waals surface area contributed by atoms with Crippen LogP contribution in [0.15, 0.2) is 40.9 Å². The van der Waals surface area contributed by atoms with E-state index in [1.807, 2.05) is 37.3 Å². The molecule has 1 saturated carbocycles. The Morgan fingerprint density at radius 3 is 2.77 bits per heavy atom. The van der Waals surface area contributed by atoms with Crippen LogP contribution in [-0.2, 0) is 6.42 Å². The Bertz CT molecular complexity index is 1150. The number of hydrogen-bond acceptors (Lipinski definition) is 7. The third-order valence-electron chi connectivity index (χ3n) is 6.32. The minimum absolute atomic E-state index is 0.0529. The van der Waals surface area contributed by atoms with Crippen LogP contribution in [0.4, 0.5) is 5.82 Å². The molecule has 3 aromatic rings. The standard InChI is InChI=1S/C27H34N4O4/c1-18-9-10-21(34-14-6-12-27(2,3)33)17-22(18)20-11-13-28-23(16-20)29-25(32)26-31-30-24(35-26)15-19-7-4-5-8-19/h9-11,13,16-17,19,33H,4-8,12,14-15H2,1-3H3,(H,28,29,32). The second-order valence-electron chi connectivity index (χ2n) is 9.98. The fourth-order valence-electron chi connectivity index (χ4n) is 4.42. The third kappa shape index (κ3) is 7.11. The lowest BCUT2D eigenvalue weighted by molar-refractivity contribution is 0.0641. The molecule has 0 saturated heterocycles. The first-order valence-electron chi connectivity index (χ1n) is 12.3. The molecule has 2 heterocycles. The number of ether oxygens (including phenoxy) is 1. The first-order valence-corrected chi connectivity index (χ1v) is 12.3. The Morgan fingerprint density at radius 1 is 1.20 bits per heavy atom. The zero-order chi connectivity index (χ0) is 24.8. The van der Waals surface area contributed by atoms with Gasteiger partial charge in [0.05, 0.1) is 12.2 Å². The van der Waals surface area contributed by atoms with Gasteiger partial charge in [-0.15, -0.1) is 10.2 Å². The van der Waals surface area contributed by atoms with Crippen LogP contribution in [0.5, 0.6) is 5.75 Å². The number of hydrogen-bond donors (Lipinski definition) is 2. The SMILES string of the molecule is Cc1ccc(OCCCC(C)(C)O)cc1-c1ccnc(NC(=O)c2nnc(CC3CCCC3)o2)c1. The van der Waals surface area contributed by atoms with Gasteiger partial charge in [0.25, 0.3) is 0 Å². The van der Waals surface area contributed by atoms with Gasteiger partial charge in [-0.1, -0.05) is 18.9 Å². The molecule has 1 aliphatic carbocycles. The Labute approximate surface area is 206 Å². The predicted octanol–water partition coefficient (Wildman–Crippen LogP) is 5.35. The maximum Gasteiger partial charge on any atom is 0.314 e. The topological polar surface area (TPSA) is 110 Å². The van der Waals surface area contributed by atoms with Gasteiger partial charge in [0.2, 0.25) is 5.89 Å². The Kier molecular flexibility index (Phi) is 7.80. The van der Waals surface area contributed by atoms with Crippen LogP contribution in [0.2, 0.25) is 0 Å². The van der Waals surface area contributed by atoms with E-state index in [2.05, 4.69) is 20.5 Å². The van der Waals surface area contributed by atoms with E-state index in [9.17, 15) is 9.90 Å². The fraction of sp³-hybridized carbons (Fsp3) is 0.481. The minimum atomic E-state index is -0.696. The summed E-state index contributed by atoms with van der Waals surface area (Å²) in [6.45, 7) is 6.14. The van der Waals surface area contributed by atoms with Crippen LogP contribution in [0.3, 0.4) is 0 Å². The second-order valence-corrected chi connectivity index (χ2v) is 9.98. The molecule has 0 unspecified atom stereocenters. The van der Waals surface area contributed by atoms with Gasteiger partial charge >= 0.3 is 11.8 Å². The van der Waals surface area contributed by atoms with Crippen molar-refractivity contribution in [3.8, 4) is 16.9 Å². The lowest BCUT2D eigenvalue weighted by atomic mass is 10.0. The predicted molar refractivity (Wildman–Crippen MR) is 133 cm³/mol. The molecular formula is C27H34N4O4. The number of anilines is 1. The molecule has 8 heteroatoms. The zero-order valence-electron chi connectivity index (χ0n) is 20.7. The average Bonchev–Trinajstić information content (AvgIpc) is 3.50.